The number of amides is 2. The Bertz CT molecular complexity index is 1660. The summed E-state index contributed by atoms with van der Waals surface area (Å²) in [5.74, 6) is -0.646. The number of aromatic nitrogens is 1. The molecule has 7 nitrogen and oxygen atoms in total. The van der Waals surface area contributed by atoms with E-state index < -0.39 is 36.4 Å². The fraction of sp³-hybridized carbons (Fsp3) is 0.267. The van der Waals surface area contributed by atoms with Gasteiger partial charge < -0.3 is 15.1 Å². The van der Waals surface area contributed by atoms with E-state index in [2.05, 4.69) is 21.7 Å². The molecule has 10 heteroatoms. The summed E-state index contributed by atoms with van der Waals surface area (Å²) in [5, 5.41) is 15.0. The molecule has 0 saturated heterocycles. The summed E-state index contributed by atoms with van der Waals surface area (Å²) in [6, 6.07) is 17.4. The number of fused-ring (bicyclic) bond motifs is 1. The minimum Gasteiger partial charge on any atom is -0.437 e. The Morgan fingerprint density at radius 2 is 1.80 bits per heavy atom. The molecule has 0 aliphatic heterocycles. The number of nitrogens with zero attached hydrogens (tertiary/aromatic N) is 2. The fourth-order valence-corrected chi connectivity index (χ4v) is 4.53. The number of halogens is 3. The van der Waals surface area contributed by atoms with Crippen LogP contribution in [0.15, 0.2) is 59.0 Å². The topological polar surface area (TPSA) is 108 Å². The van der Waals surface area contributed by atoms with Gasteiger partial charge in [0, 0.05) is 30.2 Å². The fourth-order valence-electron chi connectivity index (χ4n) is 4.53. The number of hydrogen-bond acceptors (Lipinski definition) is 5. The number of aryl methyl sites for hydroxylation is 2. The van der Waals surface area contributed by atoms with Crippen LogP contribution in [0.5, 0.6) is 0 Å². The molecule has 0 radical (unpaired) electrons. The van der Waals surface area contributed by atoms with Crippen LogP contribution in [0.4, 0.5) is 13.2 Å². The van der Waals surface area contributed by atoms with Crippen LogP contribution < -0.4 is 10.6 Å². The maximum absolute atomic E-state index is 13.2. The van der Waals surface area contributed by atoms with Crippen LogP contribution in [0, 0.1) is 18.3 Å². The molecule has 2 N–H and O–H groups in total. The molecule has 0 unspecified atom stereocenters. The SMILES string of the molecule is CNC(=O)c1c(-c2ccc(C)cc2)oc2nc(CCC(F)(F)F)c(-c3cccc(C(=O)NC4(C#N)CC4)c3)cc12. The zero-order valence-corrected chi connectivity index (χ0v) is 21.8. The number of nitriles is 1. The smallest absolute Gasteiger partial charge is 0.389 e. The first-order valence-corrected chi connectivity index (χ1v) is 12.7. The summed E-state index contributed by atoms with van der Waals surface area (Å²) in [6.07, 6.45) is -4.85. The number of hydrogen-bond donors (Lipinski definition) is 2. The Morgan fingerprint density at radius 3 is 2.42 bits per heavy atom. The van der Waals surface area contributed by atoms with Gasteiger partial charge in [0.2, 0.25) is 5.71 Å². The Labute approximate surface area is 228 Å². The van der Waals surface area contributed by atoms with E-state index in [0.29, 0.717) is 34.9 Å². The van der Waals surface area contributed by atoms with Crippen LogP contribution in [0.1, 0.15) is 51.2 Å². The summed E-state index contributed by atoms with van der Waals surface area (Å²) in [6.45, 7) is 1.92. The molecule has 2 heterocycles. The van der Waals surface area contributed by atoms with Crippen LogP contribution >= 0.6 is 0 Å². The van der Waals surface area contributed by atoms with Crippen LogP contribution in [-0.2, 0) is 6.42 Å². The number of nitrogens with one attached hydrogen (secondary N) is 2. The lowest BCUT2D eigenvalue weighted by molar-refractivity contribution is -0.134. The summed E-state index contributed by atoms with van der Waals surface area (Å²) in [7, 11) is 1.47. The minimum absolute atomic E-state index is 0.0358. The lowest BCUT2D eigenvalue weighted by Gasteiger charge is -2.13. The molecular weight excluding hydrogens is 521 g/mol. The Balaban J connectivity index is 1.67. The zero-order valence-electron chi connectivity index (χ0n) is 21.8. The number of rotatable bonds is 7. The normalized spacial score (nSPS) is 14.0. The summed E-state index contributed by atoms with van der Waals surface area (Å²) in [4.78, 5) is 30.4. The van der Waals surface area contributed by atoms with Gasteiger partial charge in [0.05, 0.1) is 22.7 Å². The first-order chi connectivity index (χ1) is 19.0. The van der Waals surface area contributed by atoms with Crippen molar-refractivity contribution >= 4 is 22.9 Å². The molecule has 1 aliphatic carbocycles. The zero-order chi connectivity index (χ0) is 28.7. The Hall–Kier alpha value is -4.65. The van der Waals surface area contributed by atoms with Gasteiger partial charge in [0.15, 0.2) is 0 Å². The van der Waals surface area contributed by atoms with Crippen LogP contribution in [0.2, 0.25) is 0 Å². The standard InChI is InChI=1S/C30H25F3N4O3/c1-17-6-8-18(9-7-17)25-24(27(39)35-2)22-15-21(23(36-28(22)40-25)10-11-30(31,32)33)19-4-3-5-20(14-19)26(38)37-29(16-34)12-13-29/h3-9,14-15H,10-13H2,1-2H3,(H,35,39)(H,37,38). The van der Waals surface area contributed by atoms with E-state index >= 15 is 0 Å². The van der Waals surface area contributed by atoms with Crippen molar-refractivity contribution in [3.63, 3.8) is 0 Å². The molecule has 5 rings (SSSR count). The van der Waals surface area contributed by atoms with Crippen molar-refractivity contribution < 1.29 is 27.2 Å². The molecular formula is C30H25F3N4O3. The van der Waals surface area contributed by atoms with E-state index in [-0.39, 0.29) is 28.3 Å². The van der Waals surface area contributed by atoms with Gasteiger partial charge in [0.1, 0.15) is 11.3 Å². The van der Waals surface area contributed by atoms with Crippen LogP contribution in [0.3, 0.4) is 0 Å². The van der Waals surface area contributed by atoms with E-state index in [1.807, 2.05) is 19.1 Å². The lowest BCUT2D eigenvalue weighted by Crippen LogP contribution is -2.35. The predicted octanol–water partition coefficient (Wildman–Crippen LogP) is 6.11. The Kier molecular flexibility index (Phi) is 6.84. The molecule has 0 bridgehead atoms. The van der Waals surface area contributed by atoms with Crippen molar-refractivity contribution in [1.82, 2.24) is 15.6 Å². The maximum Gasteiger partial charge on any atom is 0.389 e. The number of pyridine rings is 1. The van der Waals surface area contributed by atoms with Gasteiger partial charge in [-0.1, -0.05) is 42.0 Å². The van der Waals surface area contributed by atoms with E-state index in [0.717, 1.165) is 5.56 Å². The molecule has 4 aromatic rings. The van der Waals surface area contributed by atoms with Crippen molar-refractivity contribution in [2.75, 3.05) is 7.05 Å². The van der Waals surface area contributed by atoms with Crippen molar-refractivity contribution in [2.45, 2.75) is 44.3 Å². The van der Waals surface area contributed by atoms with E-state index in [9.17, 15) is 28.0 Å². The molecule has 1 aliphatic rings. The highest BCUT2D eigenvalue weighted by molar-refractivity contribution is 6.11. The molecule has 2 aromatic carbocycles. The van der Waals surface area contributed by atoms with E-state index in [4.69, 9.17) is 4.42 Å². The highest BCUT2D eigenvalue weighted by Crippen LogP contribution is 2.38. The average molecular weight is 547 g/mol. The second-order valence-electron chi connectivity index (χ2n) is 9.93. The molecule has 0 spiro atoms. The third-order valence-corrected chi connectivity index (χ3v) is 6.93. The van der Waals surface area contributed by atoms with Gasteiger partial charge in [-0.05, 0) is 49.9 Å². The first-order valence-electron chi connectivity index (χ1n) is 12.7. The third-order valence-electron chi connectivity index (χ3n) is 6.93. The van der Waals surface area contributed by atoms with Crippen molar-refractivity contribution in [2.24, 2.45) is 0 Å². The first kappa shape index (κ1) is 26.9. The molecule has 0 atom stereocenters. The maximum atomic E-state index is 13.2. The largest absolute Gasteiger partial charge is 0.437 e. The highest BCUT2D eigenvalue weighted by Gasteiger charge is 2.44. The van der Waals surface area contributed by atoms with Gasteiger partial charge in [-0.2, -0.15) is 18.4 Å². The summed E-state index contributed by atoms with van der Waals surface area (Å²) >= 11 is 0. The Morgan fingerprint density at radius 1 is 1.07 bits per heavy atom. The van der Waals surface area contributed by atoms with Crippen molar-refractivity contribution in [3.8, 4) is 28.5 Å². The highest BCUT2D eigenvalue weighted by atomic mass is 19.4. The minimum atomic E-state index is -4.42. The monoisotopic (exact) mass is 546 g/mol. The summed E-state index contributed by atoms with van der Waals surface area (Å²) in [5.41, 5.74) is 2.14. The summed E-state index contributed by atoms with van der Waals surface area (Å²) < 4.78 is 45.7. The number of furan rings is 1. The molecule has 1 saturated carbocycles. The average Bonchev–Trinajstić information content (AvgIpc) is 3.61. The molecule has 40 heavy (non-hydrogen) atoms. The number of carbonyl (C=O) groups is 2. The lowest BCUT2D eigenvalue weighted by atomic mass is 9.96. The van der Waals surface area contributed by atoms with Gasteiger partial charge >= 0.3 is 6.18 Å². The number of benzene rings is 2. The predicted molar refractivity (Wildman–Crippen MR) is 142 cm³/mol. The van der Waals surface area contributed by atoms with E-state index in [1.54, 1.807) is 42.5 Å². The van der Waals surface area contributed by atoms with Gasteiger partial charge in [-0.3, -0.25) is 9.59 Å². The second-order valence-corrected chi connectivity index (χ2v) is 9.93. The van der Waals surface area contributed by atoms with Crippen LogP contribution in [-0.4, -0.2) is 35.6 Å². The third kappa shape index (κ3) is 5.41. The second kappa shape index (κ2) is 10.2. The van der Waals surface area contributed by atoms with Crippen molar-refractivity contribution in [1.29, 1.82) is 5.26 Å². The molecule has 1 fully saturated rings. The number of alkyl halides is 3. The van der Waals surface area contributed by atoms with Gasteiger partial charge in [0.25, 0.3) is 11.8 Å². The van der Waals surface area contributed by atoms with Crippen molar-refractivity contribution in [3.05, 3.63) is 77.0 Å². The van der Waals surface area contributed by atoms with Crippen LogP contribution in [0.25, 0.3) is 33.6 Å². The molecule has 2 amide bonds. The quantitative estimate of drug-likeness (QED) is 0.291. The molecule has 204 valence electrons. The van der Waals surface area contributed by atoms with Gasteiger partial charge in [-0.15, -0.1) is 0 Å². The van der Waals surface area contributed by atoms with Gasteiger partial charge in [-0.25, -0.2) is 4.98 Å². The molecule has 2 aromatic heterocycles. The van der Waals surface area contributed by atoms with E-state index in [1.165, 1.54) is 7.05 Å². The number of carbonyl (C=O) groups excluding carboxylic acids is 2.